The van der Waals surface area contributed by atoms with E-state index in [-0.39, 0.29) is 13.0 Å². The van der Waals surface area contributed by atoms with Crippen LogP contribution < -0.4 is 0 Å². The summed E-state index contributed by atoms with van der Waals surface area (Å²) in [4.78, 5) is -2.08. The molecular formula is C5H10O5S. The Morgan fingerprint density at radius 3 is 2.36 bits per heavy atom. The van der Waals surface area contributed by atoms with Gasteiger partial charge in [-0.2, -0.15) is 8.42 Å². The van der Waals surface area contributed by atoms with Crippen LogP contribution >= 0.6 is 0 Å². The van der Waals surface area contributed by atoms with Crippen LogP contribution in [0.25, 0.3) is 0 Å². The van der Waals surface area contributed by atoms with Gasteiger partial charge in [0.2, 0.25) is 4.93 Å². The molecule has 1 fully saturated rings. The highest BCUT2D eigenvalue weighted by Gasteiger charge is 2.42. The van der Waals surface area contributed by atoms with E-state index >= 15 is 0 Å². The molecule has 1 aliphatic rings. The van der Waals surface area contributed by atoms with Gasteiger partial charge in [0.05, 0.1) is 6.61 Å². The highest BCUT2D eigenvalue weighted by molar-refractivity contribution is 7.87. The van der Waals surface area contributed by atoms with E-state index in [1.807, 2.05) is 0 Å². The number of ether oxygens (including phenoxy) is 1. The minimum atomic E-state index is -4.39. The molecule has 0 spiro atoms. The zero-order valence-corrected chi connectivity index (χ0v) is 6.67. The highest BCUT2D eigenvalue weighted by Crippen LogP contribution is 2.23. The van der Waals surface area contributed by atoms with E-state index in [1.165, 1.54) is 0 Å². The van der Waals surface area contributed by atoms with Crippen molar-refractivity contribution in [3.8, 4) is 0 Å². The first kappa shape index (κ1) is 8.92. The Labute approximate surface area is 64.7 Å². The maximum Gasteiger partial charge on any atom is 0.297 e. The van der Waals surface area contributed by atoms with E-state index in [0.717, 1.165) is 0 Å². The average molecular weight is 182 g/mol. The number of hydrogen-bond acceptors (Lipinski definition) is 4. The normalized spacial score (nSPS) is 33.6. The Hall–Kier alpha value is -0.170. The van der Waals surface area contributed by atoms with E-state index in [9.17, 15) is 13.5 Å². The van der Waals surface area contributed by atoms with Gasteiger partial charge < -0.3 is 9.84 Å². The molecule has 5 nitrogen and oxygen atoms in total. The van der Waals surface area contributed by atoms with E-state index < -0.39 is 15.1 Å². The summed E-state index contributed by atoms with van der Waals surface area (Å²) >= 11 is 0. The fourth-order valence-corrected chi connectivity index (χ4v) is 1.59. The number of hydrogen-bond donors (Lipinski definition) is 2. The van der Waals surface area contributed by atoms with E-state index in [0.29, 0.717) is 13.0 Å². The fraction of sp³-hybridized carbons (Fsp3) is 1.00. The minimum Gasteiger partial charge on any atom is -0.377 e. The Bertz CT molecular complexity index is 225. The summed E-state index contributed by atoms with van der Waals surface area (Å²) < 4.78 is 34.3. The third-order valence-corrected chi connectivity index (χ3v) is 2.95. The van der Waals surface area contributed by atoms with Gasteiger partial charge in [0.15, 0.2) is 0 Å². The molecule has 0 bridgehead atoms. The Morgan fingerprint density at radius 1 is 1.45 bits per heavy atom. The molecule has 1 aliphatic heterocycles. The average Bonchev–Trinajstić information content (AvgIpc) is 1.87. The molecule has 0 aliphatic carbocycles. The lowest BCUT2D eigenvalue weighted by Crippen LogP contribution is -2.45. The van der Waals surface area contributed by atoms with Crippen LogP contribution in [-0.4, -0.2) is 36.2 Å². The molecule has 0 aromatic carbocycles. The molecular weight excluding hydrogens is 172 g/mol. The maximum atomic E-state index is 10.5. The molecule has 0 saturated carbocycles. The standard InChI is InChI=1S/C5H10O5S/c6-5(11(7,8)9)2-1-3-10-4-5/h6H,1-4H2,(H,7,8,9). The van der Waals surface area contributed by atoms with E-state index in [1.54, 1.807) is 0 Å². The zero-order chi connectivity index (χ0) is 8.54. The molecule has 1 unspecified atom stereocenters. The van der Waals surface area contributed by atoms with Crippen LogP contribution in [-0.2, 0) is 14.9 Å². The van der Waals surface area contributed by atoms with Crippen LogP contribution in [0.2, 0.25) is 0 Å². The third kappa shape index (κ3) is 1.70. The lowest BCUT2D eigenvalue weighted by molar-refractivity contribution is -0.0372. The largest absolute Gasteiger partial charge is 0.377 e. The van der Waals surface area contributed by atoms with Crippen molar-refractivity contribution < 1.29 is 22.8 Å². The molecule has 6 heteroatoms. The van der Waals surface area contributed by atoms with Gasteiger partial charge in [0.1, 0.15) is 0 Å². The lowest BCUT2D eigenvalue weighted by Gasteiger charge is -2.28. The molecule has 66 valence electrons. The van der Waals surface area contributed by atoms with Gasteiger partial charge in [-0.25, -0.2) is 0 Å². The molecule has 0 aromatic heterocycles. The second kappa shape index (κ2) is 2.71. The Balaban J connectivity index is 2.81. The molecule has 1 heterocycles. The van der Waals surface area contributed by atoms with Crippen LogP contribution in [0.3, 0.4) is 0 Å². The summed E-state index contributed by atoms with van der Waals surface area (Å²) in [5, 5.41) is 9.24. The summed E-state index contributed by atoms with van der Waals surface area (Å²) in [6, 6.07) is 0. The second-order valence-electron chi connectivity index (χ2n) is 2.58. The lowest BCUT2D eigenvalue weighted by atomic mass is 10.2. The molecule has 1 saturated heterocycles. The van der Waals surface area contributed by atoms with Gasteiger partial charge >= 0.3 is 0 Å². The highest BCUT2D eigenvalue weighted by atomic mass is 32.2. The SMILES string of the molecule is O=S(=O)(O)C1(O)CCCOC1. The summed E-state index contributed by atoms with van der Waals surface area (Å²) in [5.74, 6) is 0. The van der Waals surface area contributed by atoms with Crippen LogP contribution in [0.5, 0.6) is 0 Å². The van der Waals surface area contributed by atoms with E-state index in [4.69, 9.17) is 9.29 Å². The summed E-state index contributed by atoms with van der Waals surface area (Å²) in [7, 11) is -4.39. The first-order valence-corrected chi connectivity index (χ1v) is 4.67. The quantitative estimate of drug-likeness (QED) is 0.528. The van der Waals surface area contributed by atoms with Crippen LogP contribution in [0.1, 0.15) is 12.8 Å². The predicted molar refractivity (Wildman–Crippen MR) is 36.6 cm³/mol. The van der Waals surface area contributed by atoms with Crippen molar-refractivity contribution in [1.82, 2.24) is 0 Å². The van der Waals surface area contributed by atoms with Crippen LogP contribution in [0.4, 0.5) is 0 Å². The molecule has 0 aromatic rings. The van der Waals surface area contributed by atoms with Crippen molar-refractivity contribution in [2.24, 2.45) is 0 Å². The minimum absolute atomic E-state index is 0.0336. The second-order valence-corrected chi connectivity index (χ2v) is 4.29. The topological polar surface area (TPSA) is 83.8 Å². The molecule has 1 atom stereocenters. The summed E-state index contributed by atoms with van der Waals surface area (Å²) in [5.41, 5.74) is 0. The van der Waals surface area contributed by atoms with Gasteiger partial charge in [0, 0.05) is 6.61 Å². The third-order valence-electron chi connectivity index (χ3n) is 1.66. The smallest absolute Gasteiger partial charge is 0.297 e. The van der Waals surface area contributed by atoms with Crippen molar-refractivity contribution in [3.05, 3.63) is 0 Å². The van der Waals surface area contributed by atoms with E-state index in [2.05, 4.69) is 0 Å². The fourth-order valence-electron chi connectivity index (χ4n) is 0.958. The van der Waals surface area contributed by atoms with Crippen LogP contribution in [0.15, 0.2) is 0 Å². The summed E-state index contributed by atoms with van der Waals surface area (Å²) in [6.07, 6.45) is 0.474. The van der Waals surface area contributed by atoms with Crippen molar-refractivity contribution in [2.75, 3.05) is 13.2 Å². The van der Waals surface area contributed by atoms with Gasteiger partial charge in [-0.1, -0.05) is 0 Å². The van der Waals surface area contributed by atoms with Gasteiger partial charge in [-0.05, 0) is 12.8 Å². The number of aliphatic hydroxyl groups is 1. The molecule has 11 heavy (non-hydrogen) atoms. The first-order valence-electron chi connectivity index (χ1n) is 3.23. The Morgan fingerprint density at radius 2 is 2.09 bits per heavy atom. The van der Waals surface area contributed by atoms with Crippen molar-refractivity contribution >= 4 is 10.1 Å². The first-order chi connectivity index (χ1) is 4.96. The molecule has 2 N–H and O–H groups in total. The predicted octanol–water partition coefficient (Wildman–Crippen LogP) is -0.627. The van der Waals surface area contributed by atoms with Crippen molar-refractivity contribution in [2.45, 2.75) is 17.8 Å². The summed E-state index contributed by atoms with van der Waals surface area (Å²) in [6.45, 7) is 0.0870. The Kier molecular flexibility index (Phi) is 2.19. The van der Waals surface area contributed by atoms with Gasteiger partial charge in [0.25, 0.3) is 10.1 Å². The van der Waals surface area contributed by atoms with Crippen LogP contribution in [0, 0.1) is 0 Å². The monoisotopic (exact) mass is 182 g/mol. The maximum absolute atomic E-state index is 10.5. The van der Waals surface area contributed by atoms with Gasteiger partial charge in [-0.3, -0.25) is 4.55 Å². The van der Waals surface area contributed by atoms with Gasteiger partial charge in [-0.15, -0.1) is 0 Å². The van der Waals surface area contributed by atoms with Crippen molar-refractivity contribution in [1.29, 1.82) is 0 Å². The van der Waals surface area contributed by atoms with Crippen molar-refractivity contribution in [3.63, 3.8) is 0 Å². The molecule has 0 radical (unpaired) electrons. The number of rotatable bonds is 1. The zero-order valence-electron chi connectivity index (χ0n) is 5.86. The molecule has 0 amide bonds. The molecule has 1 rings (SSSR count).